The number of fused-ring (bicyclic) bond motifs is 1. The van der Waals surface area contributed by atoms with Crippen LogP contribution in [0, 0.1) is 13.8 Å². The number of benzene rings is 1. The number of H-pyrrole nitrogens is 1. The maximum atomic E-state index is 11.7. The highest BCUT2D eigenvalue weighted by Gasteiger charge is 2.15. The van der Waals surface area contributed by atoms with E-state index in [2.05, 4.69) is 4.98 Å². The molecule has 0 aliphatic carbocycles. The van der Waals surface area contributed by atoms with Crippen LogP contribution in [0.5, 0.6) is 0 Å². The van der Waals surface area contributed by atoms with Crippen LogP contribution in [-0.4, -0.2) is 19.7 Å². The molecule has 15 heavy (non-hydrogen) atoms. The standard InChI is InChI=1S/C11H13NO2S/c1-7-4-5-10-9(6-8(2)12-10)11(7)15(3,13)14/h4-6,12H,1-3H3. The first-order valence-corrected chi connectivity index (χ1v) is 6.58. The Bertz CT molecular complexity index is 623. The summed E-state index contributed by atoms with van der Waals surface area (Å²) in [6.45, 7) is 3.74. The molecule has 0 bridgehead atoms. The largest absolute Gasteiger partial charge is 0.359 e. The third kappa shape index (κ3) is 1.65. The molecule has 0 saturated carbocycles. The zero-order chi connectivity index (χ0) is 11.2. The van der Waals surface area contributed by atoms with Crippen molar-refractivity contribution in [2.24, 2.45) is 0 Å². The average molecular weight is 223 g/mol. The zero-order valence-electron chi connectivity index (χ0n) is 8.96. The molecule has 0 saturated heterocycles. The third-order valence-corrected chi connectivity index (χ3v) is 3.74. The van der Waals surface area contributed by atoms with Crippen LogP contribution in [0.4, 0.5) is 0 Å². The molecular formula is C11H13NO2S. The van der Waals surface area contributed by atoms with Gasteiger partial charge in [0, 0.05) is 22.9 Å². The number of aromatic amines is 1. The summed E-state index contributed by atoms with van der Waals surface area (Å²) in [6.07, 6.45) is 1.25. The maximum absolute atomic E-state index is 11.7. The molecule has 0 amide bonds. The summed E-state index contributed by atoms with van der Waals surface area (Å²) in [7, 11) is -3.17. The molecule has 4 heteroatoms. The average Bonchev–Trinajstić information content (AvgIpc) is 2.41. The van der Waals surface area contributed by atoms with E-state index in [4.69, 9.17) is 0 Å². The van der Waals surface area contributed by atoms with Gasteiger partial charge < -0.3 is 4.98 Å². The molecule has 0 fully saturated rings. The van der Waals surface area contributed by atoms with E-state index in [0.717, 1.165) is 22.2 Å². The molecule has 0 atom stereocenters. The van der Waals surface area contributed by atoms with Crippen molar-refractivity contribution in [3.05, 3.63) is 29.5 Å². The normalized spacial score (nSPS) is 12.2. The molecule has 2 aromatic rings. The SMILES string of the molecule is Cc1cc2c(S(C)(=O)=O)c(C)ccc2[nH]1. The first-order valence-electron chi connectivity index (χ1n) is 4.68. The summed E-state index contributed by atoms with van der Waals surface area (Å²) in [5.41, 5.74) is 2.64. The monoisotopic (exact) mass is 223 g/mol. The minimum Gasteiger partial charge on any atom is -0.359 e. The van der Waals surface area contributed by atoms with E-state index in [1.807, 2.05) is 32.0 Å². The summed E-state index contributed by atoms with van der Waals surface area (Å²) < 4.78 is 23.3. The van der Waals surface area contributed by atoms with Gasteiger partial charge in [-0.2, -0.15) is 0 Å². The highest BCUT2D eigenvalue weighted by atomic mass is 32.2. The highest BCUT2D eigenvalue weighted by Crippen LogP contribution is 2.26. The smallest absolute Gasteiger partial charge is 0.176 e. The summed E-state index contributed by atoms with van der Waals surface area (Å²) in [6, 6.07) is 5.61. The molecule has 1 heterocycles. The van der Waals surface area contributed by atoms with Crippen molar-refractivity contribution < 1.29 is 8.42 Å². The zero-order valence-corrected chi connectivity index (χ0v) is 9.77. The number of sulfone groups is 1. The fourth-order valence-electron chi connectivity index (χ4n) is 1.92. The first kappa shape index (κ1) is 10.2. The number of rotatable bonds is 1. The Kier molecular flexibility index (Phi) is 2.12. The van der Waals surface area contributed by atoms with Crippen molar-refractivity contribution in [2.45, 2.75) is 18.7 Å². The van der Waals surface area contributed by atoms with Crippen molar-refractivity contribution in [1.29, 1.82) is 0 Å². The minimum atomic E-state index is -3.17. The second-order valence-electron chi connectivity index (χ2n) is 3.90. The number of aryl methyl sites for hydroxylation is 2. The van der Waals surface area contributed by atoms with Gasteiger partial charge in [0.1, 0.15) is 0 Å². The number of hydrogen-bond acceptors (Lipinski definition) is 2. The van der Waals surface area contributed by atoms with Crippen molar-refractivity contribution in [1.82, 2.24) is 4.98 Å². The van der Waals surface area contributed by atoms with Crippen molar-refractivity contribution in [2.75, 3.05) is 6.26 Å². The van der Waals surface area contributed by atoms with Gasteiger partial charge in [-0.3, -0.25) is 0 Å². The number of nitrogens with one attached hydrogen (secondary N) is 1. The molecule has 2 rings (SSSR count). The van der Waals surface area contributed by atoms with Gasteiger partial charge in [-0.25, -0.2) is 8.42 Å². The number of aromatic nitrogens is 1. The Morgan fingerprint density at radius 3 is 2.47 bits per heavy atom. The lowest BCUT2D eigenvalue weighted by Gasteiger charge is -2.04. The van der Waals surface area contributed by atoms with Gasteiger partial charge in [0.05, 0.1) is 4.90 Å². The maximum Gasteiger partial charge on any atom is 0.176 e. The van der Waals surface area contributed by atoms with E-state index in [0.29, 0.717) is 4.90 Å². The Morgan fingerprint density at radius 2 is 1.87 bits per heavy atom. The predicted octanol–water partition coefficient (Wildman–Crippen LogP) is 2.19. The van der Waals surface area contributed by atoms with Crippen LogP contribution in [-0.2, 0) is 9.84 Å². The third-order valence-electron chi connectivity index (χ3n) is 2.46. The fraction of sp³-hybridized carbons (Fsp3) is 0.273. The van der Waals surface area contributed by atoms with Crippen LogP contribution >= 0.6 is 0 Å². The van der Waals surface area contributed by atoms with Crippen LogP contribution in [0.3, 0.4) is 0 Å². The molecule has 0 spiro atoms. The van der Waals surface area contributed by atoms with Gasteiger partial charge in [0.2, 0.25) is 0 Å². The molecule has 1 aromatic heterocycles. The molecule has 1 N–H and O–H groups in total. The molecule has 0 unspecified atom stereocenters. The van der Waals surface area contributed by atoms with Gasteiger partial charge in [-0.15, -0.1) is 0 Å². The Hall–Kier alpha value is -1.29. The van der Waals surface area contributed by atoms with Gasteiger partial charge in [0.25, 0.3) is 0 Å². The molecular weight excluding hydrogens is 210 g/mol. The summed E-state index contributed by atoms with van der Waals surface area (Å²) in [5.74, 6) is 0. The van der Waals surface area contributed by atoms with Crippen LogP contribution in [0.1, 0.15) is 11.3 Å². The number of hydrogen-bond donors (Lipinski definition) is 1. The lowest BCUT2D eigenvalue weighted by Crippen LogP contribution is -2.00. The van der Waals surface area contributed by atoms with Gasteiger partial charge >= 0.3 is 0 Å². The van der Waals surface area contributed by atoms with E-state index in [9.17, 15) is 8.42 Å². The highest BCUT2D eigenvalue weighted by molar-refractivity contribution is 7.91. The summed E-state index contributed by atoms with van der Waals surface area (Å²) in [4.78, 5) is 3.57. The van der Waals surface area contributed by atoms with Crippen molar-refractivity contribution in [3.63, 3.8) is 0 Å². The van der Waals surface area contributed by atoms with Crippen molar-refractivity contribution >= 4 is 20.7 Å². The molecule has 80 valence electrons. The van der Waals surface area contributed by atoms with Crippen LogP contribution in [0.25, 0.3) is 10.9 Å². The molecule has 3 nitrogen and oxygen atoms in total. The summed E-state index contributed by atoms with van der Waals surface area (Å²) in [5, 5.41) is 0.787. The Labute approximate surface area is 89.0 Å². The Balaban J connectivity index is 2.98. The van der Waals surface area contributed by atoms with Crippen LogP contribution in [0.2, 0.25) is 0 Å². The van der Waals surface area contributed by atoms with Crippen molar-refractivity contribution in [3.8, 4) is 0 Å². The van der Waals surface area contributed by atoms with E-state index in [1.165, 1.54) is 6.26 Å². The van der Waals surface area contributed by atoms with E-state index in [-0.39, 0.29) is 0 Å². The lowest BCUT2D eigenvalue weighted by molar-refractivity contribution is 0.602. The first-order chi connectivity index (χ1) is 6.89. The summed E-state index contributed by atoms with van der Waals surface area (Å²) >= 11 is 0. The van der Waals surface area contributed by atoms with Crippen LogP contribution in [0.15, 0.2) is 23.1 Å². The Morgan fingerprint density at radius 1 is 1.20 bits per heavy atom. The van der Waals surface area contributed by atoms with E-state index < -0.39 is 9.84 Å². The van der Waals surface area contributed by atoms with E-state index >= 15 is 0 Å². The second-order valence-corrected chi connectivity index (χ2v) is 5.85. The second kappa shape index (κ2) is 3.10. The van der Waals surface area contributed by atoms with Gasteiger partial charge in [0.15, 0.2) is 9.84 Å². The molecule has 0 radical (unpaired) electrons. The minimum absolute atomic E-state index is 0.435. The van der Waals surface area contributed by atoms with Gasteiger partial charge in [-0.1, -0.05) is 6.07 Å². The fourth-order valence-corrected chi connectivity index (χ4v) is 3.14. The quantitative estimate of drug-likeness (QED) is 0.805. The predicted molar refractivity (Wildman–Crippen MR) is 60.9 cm³/mol. The molecule has 1 aromatic carbocycles. The van der Waals surface area contributed by atoms with E-state index in [1.54, 1.807) is 0 Å². The lowest BCUT2D eigenvalue weighted by atomic mass is 10.2. The molecule has 0 aliphatic heterocycles. The molecule has 0 aliphatic rings. The van der Waals surface area contributed by atoms with Crippen LogP contribution < -0.4 is 0 Å². The van der Waals surface area contributed by atoms with Gasteiger partial charge in [-0.05, 0) is 31.5 Å². The topological polar surface area (TPSA) is 49.9 Å².